The summed E-state index contributed by atoms with van der Waals surface area (Å²) in [5.74, 6) is -3.09. The van der Waals surface area contributed by atoms with Gasteiger partial charge in [0.05, 0.1) is 24.7 Å². The average Bonchev–Trinajstić information content (AvgIpc) is 3.51. The third-order valence-corrected chi connectivity index (χ3v) is 8.25. The van der Waals surface area contributed by atoms with Crippen molar-refractivity contribution in [1.82, 2.24) is 0 Å². The van der Waals surface area contributed by atoms with Crippen LogP contribution in [0.4, 0.5) is 0 Å². The van der Waals surface area contributed by atoms with Gasteiger partial charge in [-0.3, -0.25) is 4.79 Å². The number of Topliss-reactive ketones (excluding diaryl/α,β-unsaturated/α-hetero) is 1. The Morgan fingerprint density at radius 3 is 2.57 bits per heavy atom. The Hall–Kier alpha value is -2.47. The van der Waals surface area contributed by atoms with Gasteiger partial charge in [0.1, 0.15) is 23.4 Å². The van der Waals surface area contributed by atoms with Crippen molar-refractivity contribution in [2.45, 2.75) is 61.9 Å². The highest BCUT2D eigenvalue weighted by molar-refractivity contribution is 6.11. The first-order valence-electron chi connectivity index (χ1n) is 11.7. The summed E-state index contributed by atoms with van der Waals surface area (Å²) >= 11 is 0. The second kappa shape index (κ2) is 6.64. The third-order valence-electron chi connectivity index (χ3n) is 8.25. The number of carbonyl (C=O) groups excluding carboxylic acids is 1. The van der Waals surface area contributed by atoms with Gasteiger partial charge in [-0.1, -0.05) is 0 Å². The SMILES string of the molecule is COc1c2c(c(O)c3c4c(c(C)cc13)[C@@H]1O[C@@]3(C(OC)OC)O[C@@H]1[C@@](O)(O4)[C@@]31CO1)C(=O)CCC2. The number of epoxide rings is 1. The van der Waals surface area contributed by atoms with E-state index >= 15 is 0 Å². The molecule has 0 aromatic heterocycles. The lowest BCUT2D eigenvalue weighted by atomic mass is 9.78. The van der Waals surface area contributed by atoms with E-state index in [1.165, 1.54) is 14.2 Å². The highest BCUT2D eigenvalue weighted by Crippen LogP contribution is 2.71. The number of aromatic hydroxyl groups is 1. The number of hydrogen-bond acceptors (Lipinski definition) is 10. The molecular weight excluding hydrogens is 460 g/mol. The predicted molar refractivity (Wildman–Crippen MR) is 118 cm³/mol. The van der Waals surface area contributed by atoms with E-state index in [-0.39, 0.29) is 29.5 Å². The topological polar surface area (TPSA) is 125 Å². The highest BCUT2D eigenvalue weighted by Gasteiger charge is 2.92. The number of phenols is 1. The lowest BCUT2D eigenvalue weighted by Crippen LogP contribution is -2.69. The molecule has 35 heavy (non-hydrogen) atoms. The third kappa shape index (κ3) is 2.21. The van der Waals surface area contributed by atoms with Gasteiger partial charge >= 0.3 is 0 Å². The summed E-state index contributed by atoms with van der Waals surface area (Å²) in [7, 11) is 4.45. The molecule has 4 aliphatic heterocycles. The summed E-state index contributed by atoms with van der Waals surface area (Å²) in [4.78, 5) is 12.9. The number of hydrogen-bond donors (Lipinski definition) is 2. The quantitative estimate of drug-likeness (QED) is 0.490. The van der Waals surface area contributed by atoms with Gasteiger partial charge in [0, 0.05) is 37.2 Å². The first-order chi connectivity index (χ1) is 16.8. The van der Waals surface area contributed by atoms with Gasteiger partial charge < -0.3 is 43.4 Å². The standard InChI is InChI=1S/C25H26O10/c1-10-8-12-16(17(27)15-11(18(12)29-2)6-5-7-13(15)26)19-14(10)20-21-24(28,33-19)23(9-32-23)25(34-20,35-21)22(30-3)31-4/h8,20-22,27-28H,5-7,9H2,1-4H3/t20-,21-,23-,24+,25-/m0/s1. The van der Waals surface area contributed by atoms with Crippen LogP contribution >= 0.6 is 0 Å². The van der Waals surface area contributed by atoms with E-state index in [1.807, 2.05) is 13.0 Å². The van der Waals surface area contributed by atoms with Crippen LogP contribution in [0.5, 0.6) is 17.2 Å². The molecule has 2 aromatic rings. The molecule has 2 N–H and O–H groups in total. The zero-order valence-corrected chi connectivity index (χ0v) is 19.8. The van der Waals surface area contributed by atoms with Gasteiger partial charge in [-0.05, 0) is 31.4 Å². The molecule has 0 radical (unpaired) electrons. The summed E-state index contributed by atoms with van der Waals surface area (Å²) in [6.07, 6.45) is -1.03. The molecule has 0 unspecified atom stereocenters. The Balaban J connectivity index is 1.53. The maximum atomic E-state index is 12.9. The van der Waals surface area contributed by atoms with E-state index in [2.05, 4.69) is 0 Å². The van der Waals surface area contributed by atoms with Crippen molar-refractivity contribution in [3.05, 3.63) is 28.3 Å². The Bertz CT molecular complexity index is 1310. The van der Waals surface area contributed by atoms with Crippen molar-refractivity contribution in [3.63, 3.8) is 0 Å². The Kier molecular flexibility index (Phi) is 4.13. The van der Waals surface area contributed by atoms with Gasteiger partial charge in [0.2, 0.25) is 11.9 Å². The minimum Gasteiger partial charge on any atom is -0.506 e. The number of carbonyl (C=O) groups is 1. The zero-order valence-electron chi connectivity index (χ0n) is 19.8. The molecular formula is C25H26O10. The largest absolute Gasteiger partial charge is 0.506 e. The van der Waals surface area contributed by atoms with Gasteiger partial charge in [0.25, 0.3) is 11.6 Å². The van der Waals surface area contributed by atoms with Crippen LogP contribution in [0.15, 0.2) is 6.07 Å². The minimum atomic E-state index is -1.95. The summed E-state index contributed by atoms with van der Waals surface area (Å²) in [5, 5.41) is 24.3. The first-order valence-corrected chi connectivity index (χ1v) is 11.7. The Morgan fingerprint density at radius 2 is 1.91 bits per heavy atom. The molecule has 0 saturated carbocycles. The van der Waals surface area contributed by atoms with Gasteiger partial charge in [0.15, 0.2) is 11.9 Å². The lowest BCUT2D eigenvalue weighted by Gasteiger charge is -2.47. The molecule has 2 bridgehead atoms. The smallest absolute Gasteiger partial charge is 0.274 e. The normalized spacial score (nSPS) is 36.0. The number of ketones is 1. The van der Waals surface area contributed by atoms with Crippen LogP contribution in [0.25, 0.3) is 10.8 Å². The van der Waals surface area contributed by atoms with E-state index in [0.717, 1.165) is 5.56 Å². The molecule has 10 nitrogen and oxygen atoms in total. The van der Waals surface area contributed by atoms with Crippen molar-refractivity contribution in [1.29, 1.82) is 0 Å². The van der Waals surface area contributed by atoms with Gasteiger partial charge in [-0.15, -0.1) is 0 Å². The molecule has 3 saturated heterocycles. The van der Waals surface area contributed by atoms with Crippen molar-refractivity contribution >= 4 is 16.6 Å². The van der Waals surface area contributed by atoms with Crippen LogP contribution < -0.4 is 9.47 Å². The van der Waals surface area contributed by atoms with Crippen molar-refractivity contribution in [3.8, 4) is 17.2 Å². The Morgan fingerprint density at radius 1 is 1.17 bits per heavy atom. The number of aliphatic hydroxyl groups is 1. The lowest BCUT2D eigenvalue weighted by molar-refractivity contribution is -0.344. The molecule has 7 rings (SSSR count). The van der Waals surface area contributed by atoms with E-state index in [9.17, 15) is 15.0 Å². The van der Waals surface area contributed by atoms with Crippen LogP contribution in [0.2, 0.25) is 0 Å². The number of rotatable bonds is 4. The van der Waals surface area contributed by atoms with E-state index < -0.39 is 35.7 Å². The fraction of sp³-hybridized carbons (Fsp3) is 0.560. The van der Waals surface area contributed by atoms with E-state index in [1.54, 1.807) is 7.11 Å². The molecule has 10 heteroatoms. The maximum absolute atomic E-state index is 12.9. The fourth-order valence-electron chi connectivity index (χ4n) is 6.72. The zero-order chi connectivity index (χ0) is 24.5. The number of phenolic OH excluding ortho intramolecular Hbond substituents is 1. The van der Waals surface area contributed by atoms with E-state index in [0.29, 0.717) is 46.9 Å². The van der Waals surface area contributed by atoms with Crippen LogP contribution in [-0.4, -0.2) is 73.5 Å². The Labute approximate surface area is 200 Å². The minimum absolute atomic E-state index is 0.0954. The number of methoxy groups -OCH3 is 3. The highest BCUT2D eigenvalue weighted by atomic mass is 16.9. The molecule has 0 amide bonds. The van der Waals surface area contributed by atoms with E-state index in [4.69, 9.17) is 33.2 Å². The van der Waals surface area contributed by atoms with Crippen LogP contribution in [0.1, 0.15) is 46.0 Å². The molecule has 186 valence electrons. The summed E-state index contributed by atoms with van der Waals surface area (Å²) in [6.45, 7) is 1.99. The van der Waals surface area contributed by atoms with Crippen LogP contribution in [0.3, 0.4) is 0 Å². The second-order valence-corrected chi connectivity index (χ2v) is 9.83. The molecule has 3 fully saturated rings. The van der Waals surface area contributed by atoms with Gasteiger partial charge in [-0.2, -0.15) is 0 Å². The van der Waals surface area contributed by atoms with Crippen molar-refractivity contribution < 1.29 is 48.2 Å². The molecule has 1 aliphatic carbocycles. The fourth-order valence-corrected chi connectivity index (χ4v) is 6.72. The number of benzene rings is 2. The molecule has 5 atom stereocenters. The molecule has 2 aromatic carbocycles. The van der Waals surface area contributed by atoms with Gasteiger partial charge in [-0.25, -0.2) is 0 Å². The van der Waals surface area contributed by atoms with Crippen molar-refractivity contribution in [2.24, 2.45) is 0 Å². The number of fused-ring (bicyclic) bond motifs is 8. The molecule has 1 spiro atoms. The second-order valence-electron chi connectivity index (χ2n) is 9.83. The molecule has 4 heterocycles. The van der Waals surface area contributed by atoms with Crippen LogP contribution in [-0.2, 0) is 30.1 Å². The van der Waals surface area contributed by atoms with Crippen molar-refractivity contribution in [2.75, 3.05) is 27.9 Å². The summed E-state index contributed by atoms with van der Waals surface area (Å²) in [6, 6.07) is 1.88. The average molecular weight is 486 g/mol. The van der Waals surface area contributed by atoms with Crippen LogP contribution in [0, 0.1) is 6.92 Å². The molecule has 5 aliphatic rings. The summed E-state index contributed by atoms with van der Waals surface area (Å²) < 4.78 is 41.6. The number of ether oxygens (including phenoxy) is 7. The number of aryl methyl sites for hydroxylation is 1. The maximum Gasteiger partial charge on any atom is 0.274 e. The summed E-state index contributed by atoms with van der Waals surface area (Å²) in [5.41, 5.74) is 0.939. The monoisotopic (exact) mass is 486 g/mol. The first kappa shape index (κ1) is 21.8. The predicted octanol–water partition coefficient (Wildman–Crippen LogP) is 2.02.